The van der Waals surface area contributed by atoms with Crippen molar-refractivity contribution < 1.29 is 0 Å². The molecule has 0 bridgehead atoms. The van der Waals surface area contributed by atoms with E-state index < -0.39 is 0 Å². The maximum atomic E-state index is 5.76. The first kappa shape index (κ1) is 11.1. The number of rotatable bonds is 4. The molecule has 0 atom stereocenters. The fourth-order valence-electron chi connectivity index (χ4n) is 0.697. The fraction of sp³-hybridized carbons (Fsp3) is 0.625. The summed E-state index contributed by atoms with van der Waals surface area (Å²) >= 11 is 9.06. The normalized spacial score (nSPS) is 11.7. The first-order valence-electron chi connectivity index (χ1n) is 3.94. The van der Waals surface area contributed by atoms with E-state index in [1.54, 1.807) is 6.20 Å². The van der Waals surface area contributed by atoms with Gasteiger partial charge in [0.1, 0.15) is 4.34 Å². The number of nitrogens with one attached hydrogen (secondary N) is 1. The third kappa shape index (κ3) is 3.75. The molecule has 74 valence electrons. The number of halogens is 1. The Morgan fingerprint density at radius 1 is 1.69 bits per heavy atom. The summed E-state index contributed by atoms with van der Waals surface area (Å²) in [6, 6.07) is 0. The molecule has 0 spiro atoms. The van der Waals surface area contributed by atoms with Gasteiger partial charge < -0.3 is 5.32 Å². The van der Waals surface area contributed by atoms with E-state index in [-0.39, 0.29) is 4.75 Å². The van der Waals surface area contributed by atoms with Crippen molar-refractivity contribution in [1.29, 1.82) is 0 Å². The van der Waals surface area contributed by atoms with E-state index in [0.717, 1.165) is 16.0 Å². The third-order valence-electron chi connectivity index (χ3n) is 1.70. The third-order valence-corrected chi connectivity index (χ3v) is 4.02. The largest absolute Gasteiger partial charge is 0.360 e. The van der Waals surface area contributed by atoms with Gasteiger partial charge in [-0.05, 0) is 20.1 Å². The molecule has 0 aliphatic heterocycles. The molecule has 0 amide bonds. The summed E-state index contributed by atoms with van der Waals surface area (Å²) in [4.78, 5) is 4.12. The molecular formula is C8H13ClN2S2. The quantitative estimate of drug-likeness (QED) is 0.868. The lowest BCUT2D eigenvalue weighted by Gasteiger charge is -2.21. The van der Waals surface area contributed by atoms with Gasteiger partial charge in [0.15, 0.2) is 5.13 Å². The van der Waals surface area contributed by atoms with E-state index in [0.29, 0.717) is 0 Å². The second kappa shape index (κ2) is 4.53. The Labute approximate surface area is 92.1 Å². The van der Waals surface area contributed by atoms with Gasteiger partial charge in [0, 0.05) is 11.3 Å². The van der Waals surface area contributed by atoms with Crippen LogP contribution in [-0.2, 0) is 0 Å². The number of thioether (sulfide) groups is 1. The number of thiazole rings is 1. The molecule has 0 fully saturated rings. The van der Waals surface area contributed by atoms with Crippen LogP contribution in [0.15, 0.2) is 6.20 Å². The lowest BCUT2D eigenvalue weighted by atomic mass is 10.2. The predicted molar refractivity (Wildman–Crippen MR) is 63.2 cm³/mol. The molecule has 13 heavy (non-hydrogen) atoms. The average molecular weight is 237 g/mol. The number of anilines is 1. The van der Waals surface area contributed by atoms with Crippen LogP contribution in [0.3, 0.4) is 0 Å². The second-order valence-electron chi connectivity index (χ2n) is 3.29. The molecule has 5 heteroatoms. The topological polar surface area (TPSA) is 24.9 Å². The van der Waals surface area contributed by atoms with Gasteiger partial charge in [0.2, 0.25) is 0 Å². The highest BCUT2D eigenvalue weighted by Gasteiger charge is 2.15. The summed E-state index contributed by atoms with van der Waals surface area (Å²) in [6.45, 7) is 5.29. The molecule has 0 saturated carbocycles. The minimum absolute atomic E-state index is 0.234. The maximum Gasteiger partial charge on any atom is 0.184 e. The van der Waals surface area contributed by atoms with E-state index in [9.17, 15) is 0 Å². The van der Waals surface area contributed by atoms with Gasteiger partial charge in [-0.2, -0.15) is 11.8 Å². The van der Waals surface area contributed by atoms with Crippen LogP contribution in [0.2, 0.25) is 4.34 Å². The van der Waals surface area contributed by atoms with E-state index in [1.165, 1.54) is 11.3 Å². The van der Waals surface area contributed by atoms with Crippen molar-refractivity contribution in [2.75, 3.05) is 18.1 Å². The van der Waals surface area contributed by atoms with Gasteiger partial charge in [-0.15, -0.1) is 0 Å². The Balaban J connectivity index is 2.43. The first-order valence-corrected chi connectivity index (χ1v) is 6.36. The zero-order valence-corrected chi connectivity index (χ0v) is 10.3. The highest BCUT2D eigenvalue weighted by atomic mass is 35.5. The van der Waals surface area contributed by atoms with Crippen LogP contribution < -0.4 is 5.32 Å². The smallest absolute Gasteiger partial charge is 0.184 e. The number of nitrogens with zero attached hydrogens (tertiary/aromatic N) is 1. The Bertz CT molecular complexity index is 273. The number of hydrogen-bond acceptors (Lipinski definition) is 4. The first-order chi connectivity index (χ1) is 6.03. The summed E-state index contributed by atoms with van der Waals surface area (Å²) in [5.41, 5.74) is 0. The summed E-state index contributed by atoms with van der Waals surface area (Å²) in [7, 11) is 0. The van der Waals surface area contributed by atoms with Crippen LogP contribution in [0, 0.1) is 0 Å². The van der Waals surface area contributed by atoms with Crippen LogP contribution in [0.5, 0.6) is 0 Å². The molecule has 2 nitrogen and oxygen atoms in total. The zero-order valence-electron chi connectivity index (χ0n) is 7.93. The predicted octanol–water partition coefficient (Wildman–Crippen LogP) is 3.35. The Hall–Kier alpha value is 0.0700. The molecule has 1 aromatic heterocycles. The van der Waals surface area contributed by atoms with Gasteiger partial charge >= 0.3 is 0 Å². The van der Waals surface area contributed by atoms with Crippen LogP contribution in [-0.4, -0.2) is 22.5 Å². The van der Waals surface area contributed by atoms with E-state index in [4.69, 9.17) is 11.6 Å². The minimum atomic E-state index is 0.234. The maximum absolute atomic E-state index is 5.76. The molecule has 0 unspecified atom stereocenters. The molecule has 1 rings (SSSR count). The van der Waals surface area contributed by atoms with E-state index in [2.05, 4.69) is 30.4 Å². The molecule has 1 aromatic rings. The summed E-state index contributed by atoms with van der Waals surface area (Å²) in [5, 5.41) is 4.15. The molecule has 0 aliphatic carbocycles. The van der Waals surface area contributed by atoms with Crippen LogP contribution in [0.25, 0.3) is 0 Å². The van der Waals surface area contributed by atoms with Crippen molar-refractivity contribution in [3.63, 3.8) is 0 Å². The van der Waals surface area contributed by atoms with Crippen LogP contribution >= 0.6 is 34.7 Å². The SMILES string of the molecule is CSC(C)(C)CNc1ncc(Cl)s1. The van der Waals surface area contributed by atoms with Crippen molar-refractivity contribution in [2.24, 2.45) is 0 Å². The van der Waals surface area contributed by atoms with Crippen molar-refractivity contribution in [1.82, 2.24) is 4.98 Å². The lowest BCUT2D eigenvalue weighted by Crippen LogP contribution is -2.25. The number of aromatic nitrogens is 1. The molecule has 1 N–H and O–H groups in total. The van der Waals surface area contributed by atoms with Crippen molar-refractivity contribution in [3.05, 3.63) is 10.5 Å². The van der Waals surface area contributed by atoms with Gasteiger partial charge in [-0.3, -0.25) is 0 Å². The Morgan fingerprint density at radius 2 is 2.38 bits per heavy atom. The van der Waals surface area contributed by atoms with E-state index >= 15 is 0 Å². The van der Waals surface area contributed by atoms with Gasteiger partial charge in [0.05, 0.1) is 6.20 Å². The highest BCUT2D eigenvalue weighted by molar-refractivity contribution is 7.99. The van der Waals surface area contributed by atoms with Gasteiger partial charge in [-0.1, -0.05) is 22.9 Å². The summed E-state index contributed by atoms with van der Waals surface area (Å²) in [6.07, 6.45) is 3.77. The lowest BCUT2D eigenvalue weighted by molar-refractivity contribution is 0.752. The fourth-order valence-corrected chi connectivity index (χ4v) is 1.72. The van der Waals surface area contributed by atoms with E-state index in [1.807, 2.05) is 11.8 Å². The molecule has 1 heterocycles. The monoisotopic (exact) mass is 236 g/mol. The standard InChI is InChI=1S/C8H13ClN2S2/c1-8(2,12-3)5-11-7-10-4-6(9)13-7/h4H,5H2,1-3H3,(H,10,11). The minimum Gasteiger partial charge on any atom is -0.360 e. The Morgan fingerprint density at radius 3 is 2.85 bits per heavy atom. The molecular weight excluding hydrogens is 224 g/mol. The summed E-state index contributed by atoms with van der Waals surface area (Å²) in [5.74, 6) is 0. The molecule has 0 radical (unpaired) electrons. The van der Waals surface area contributed by atoms with Crippen molar-refractivity contribution in [2.45, 2.75) is 18.6 Å². The van der Waals surface area contributed by atoms with Gasteiger partial charge in [0.25, 0.3) is 0 Å². The molecule has 0 saturated heterocycles. The summed E-state index contributed by atoms with van der Waals surface area (Å²) < 4.78 is 0.961. The average Bonchev–Trinajstić information content (AvgIpc) is 2.48. The van der Waals surface area contributed by atoms with Crippen molar-refractivity contribution in [3.8, 4) is 0 Å². The highest BCUT2D eigenvalue weighted by Crippen LogP contribution is 2.25. The molecule has 0 aliphatic rings. The van der Waals surface area contributed by atoms with Crippen LogP contribution in [0.1, 0.15) is 13.8 Å². The van der Waals surface area contributed by atoms with Crippen LogP contribution in [0.4, 0.5) is 5.13 Å². The Kier molecular flexibility index (Phi) is 3.88. The van der Waals surface area contributed by atoms with Gasteiger partial charge in [-0.25, -0.2) is 4.98 Å². The zero-order chi connectivity index (χ0) is 9.90. The number of hydrogen-bond donors (Lipinski definition) is 1. The second-order valence-corrected chi connectivity index (χ2v) is 6.46. The van der Waals surface area contributed by atoms with Crippen molar-refractivity contribution >= 4 is 39.8 Å². The molecule has 0 aromatic carbocycles.